The minimum atomic E-state index is -0.126. The molecule has 0 saturated carbocycles. The highest BCUT2D eigenvalue weighted by atomic mass is 16.5. The van der Waals surface area contributed by atoms with Gasteiger partial charge in [-0.15, -0.1) is 0 Å². The van der Waals surface area contributed by atoms with Gasteiger partial charge in [-0.05, 0) is 62.1 Å². The van der Waals surface area contributed by atoms with Gasteiger partial charge in [0.1, 0.15) is 0 Å². The average molecular weight is 368 g/mol. The Kier molecular flexibility index (Phi) is 5.89. The summed E-state index contributed by atoms with van der Waals surface area (Å²) in [6.45, 7) is 5.51. The molecule has 0 saturated heterocycles. The normalized spacial score (nSPS) is 13.3. The zero-order valence-corrected chi connectivity index (χ0v) is 16.5. The smallest absolute Gasteiger partial charge is 0.251 e. The second kappa shape index (κ2) is 8.33. The van der Waals surface area contributed by atoms with E-state index in [4.69, 9.17) is 9.47 Å². The summed E-state index contributed by atoms with van der Waals surface area (Å²) in [6.07, 6.45) is 2.31. The van der Waals surface area contributed by atoms with Crippen LogP contribution in [0.2, 0.25) is 0 Å². The second-order valence-electron chi connectivity index (χ2n) is 7.20. The first-order valence-electron chi connectivity index (χ1n) is 9.43. The van der Waals surface area contributed by atoms with Crippen LogP contribution in [-0.2, 0) is 13.0 Å². The monoisotopic (exact) mass is 368 g/mol. The quantitative estimate of drug-likeness (QED) is 0.843. The number of rotatable bonds is 6. The molecule has 2 aromatic rings. The fourth-order valence-corrected chi connectivity index (χ4v) is 3.39. The SMILES string of the molecule is COc1cc(C(=O)NCc2ccc3c(c2)CCCN3C)ccc1OC(C)C. The number of hydrogen-bond acceptors (Lipinski definition) is 4. The molecule has 1 heterocycles. The standard InChI is InChI=1S/C22H28N2O3/c1-15(2)27-20-10-8-18(13-21(20)26-4)22(25)23-14-16-7-9-19-17(12-16)6-5-11-24(19)3/h7-10,12-13,15H,5-6,11,14H2,1-4H3,(H,23,25). The first-order valence-corrected chi connectivity index (χ1v) is 9.43. The van der Waals surface area contributed by atoms with Crippen LogP contribution in [0.1, 0.15) is 41.8 Å². The molecule has 2 aromatic carbocycles. The number of anilines is 1. The van der Waals surface area contributed by atoms with Crippen LogP contribution in [0.15, 0.2) is 36.4 Å². The van der Waals surface area contributed by atoms with Crippen LogP contribution >= 0.6 is 0 Å². The third-order valence-corrected chi connectivity index (χ3v) is 4.74. The highest BCUT2D eigenvalue weighted by Gasteiger charge is 2.15. The van der Waals surface area contributed by atoms with Gasteiger partial charge in [-0.25, -0.2) is 0 Å². The molecule has 1 amide bonds. The van der Waals surface area contributed by atoms with Gasteiger partial charge in [0.25, 0.3) is 5.91 Å². The van der Waals surface area contributed by atoms with Crippen molar-refractivity contribution in [3.05, 3.63) is 53.1 Å². The first-order chi connectivity index (χ1) is 13.0. The summed E-state index contributed by atoms with van der Waals surface area (Å²) in [4.78, 5) is 14.8. The van der Waals surface area contributed by atoms with Crippen LogP contribution in [0.3, 0.4) is 0 Å². The molecule has 1 aliphatic heterocycles. The van der Waals surface area contributed by atoms with Gasteiger partial charge in [0.15, 0.2) is 11.5 Å². The van der Waals surface area contributed by atoms with Crippen molar-refractivity contribution >= 4 is 11.6 Å². The van der Waals surface area contributed by atoms with Crippen molar-refractivity contribution in [1.29, 1.82) is 0 Å². The van der Waals surface area contributed by atoms with E-state index in [1.54, 1.807) is 25.3 Å². The maximum absolute atomic E-state index is 12.5. The molecule has 144 valence electrons. The zero-order chi connectivity index (χ0) is 19.4. The summed E-state index contributed by atoms with van der Waals surface area (Å²) in [5.41, 5.74) is 4.32. The van der Waals surface area contributed by atoms with Crippen LogP contribution in [0.5, 0.6) is 11.5 Å². The topological polar surface area (TPSA) is 50.8 Å². The fourth-order valence-electron chi connectivity index (χ4n) is 3.39. The van der Waals surface area contributed by atoms with Crippen LogP contribution in [-0.4, -0.2) is 32.7 Å². The minimum absolute atomic E-state index is 0.0432. The van der Waals surface area contributed by atoms with Gasteiger partial charge < -0.3 is 19.7 Å². The van der Waals surface area contributed by atoms with Crippen molar-refractivity contribution < 1.29 is 14.3 Å². The van der Waals surface area contributed by atoms with Crippen molar-refractivity contribution in [3.8, 4) is 11.5 Å². The number of ether oxygens (including phenoxy) is 2. The van der Waals surface area contributed by atoms with E-state index in [2.05, 4.69) is 35.5 Å². The zero-order valence-electron chi connectivity index (χ0n) is 16.5. The third kappa shape index (κ3) is 4.54. The van der Waals surface area contributed by atoms with Crippen molar-refractivity contribution in [3.63, 3.8) is 0 Å². The molecular formula is C22H28N2O3. The number of nitrogens with zero attached hydrogens (tertiary/aromatic N) is 1. The number of benzene rings is 2. The van der Waals surface area contributed by atoms with Crippen molar-refractivity contribution in [1.82, 2.24) is 5.32 Å². The highest BCUT2D eigenvalue weighted by molar-refractivity contribution is 5.94. The molecule has 0 atom stereocenters. The van der Waals surface area contributed by atoms with E-state index in [1.807, 2.05) is 13.8 Å². The molecule has 0 radical (unpaired) electrons. The number of carbonyl (C=O) groups excluding carboxylic acids is 1. The molecule has 0 aliphatic carbocycles. The maximum Gasteiger partial charge on any atom is 0.251 e. The lowest BCUT2D eigenvalue weighted by molar-refractivity contribution is 0.0950. The minimum Gasteiger partial charge on any atom is -0.493 e. The predicted octanol–water partition coefficient (Wildman–Crippen LogP) is 3.79. The molecule has 5 nitrogen and oxygen atoms in total. The first kappa shape index (κ1) is 19.1. The maximum atomic E-state index is 12.5. The summed E-state index contributed by atoms with van der Waals surface area (Å²) < 4.78 is 11.1. The number of methoxy groups -OCH3 is 1. The van der Waals surface area contributed by atoms with Gasteiger partial charge in [-0.1, -0.05) is 12.1 Å². The molecule has 0 aromatic heterocycles. The van der Waals surface area contributed by atoms with E-state index in [1.165, 1.54) is 17.7 Å². The Balaban J connectivity index is 1.67. The highest BCUT2D eigenvalue weighted by Crippen LogP contribution is 2.29. The van der Waals surface area contributed by atoms with Gasteiger partial charge in [0.05, 0.1) is 13.2 Å². The fraction of sp³-hybridized carbons (Fsp3) is 0.409. The molecule has 5 heteroatoms. The van der Waals surface area contributed by atoms with E-state index >= 15 is 0 Å². The van der Waals surface area contributed by atoms with Gasteiger partial charge in [0.2, 0.25) is 0 Å². The van der Waals surface area contributed by atoms with E-state index in [0.29, 0.717) is 23.6 Å². The van der Waals surface area contributed by atoms with E-state index in [0.717, 1.165) is 18.5 Å². The lowest BCUT2D eigenvalue weighted by Gasteiger charge is -2.27. The molecule has 27 heavy (non-hydrogen) atoms. The largest absolute Gasteiger partial charge is 0.493 e. The third-order valence-electron chi connectivity index (χ3n) is 4.74. The number of amides is 1. The summed E-state index contributed by atoms with van der Waals surface area (Å²) in [5, 5.41) is 3.00. The van der Waals surface area contributed by atoms with Gasteiger partial charge in [-0.3, -0.25) is 4.79 Å². The lowest BCUT2D eigenvalue weighted by atomic mass is 9.99. The molecule has 0 spiro atoms. The summed E-state index contributed by atoms with van der Waals surface area (Å²) in [6, 6.07) is 11.7. The molecule has 0 bridgehead atoms. The molecule has 3 rings (SSSR count). The van der Waals surface area contributed by atoms with Crippen LogP contribution in [0.4, 0.5) is 5.69 Å². The number of nitrogens with one attached hydrogen (secondary N) is 1. The summed E-state index contributed by atoms with van der Waals surface area (Å²) >= 11 is 0. The number of aryl methyl sites for hydroxylation is 1. The second-order valence-corrected chi connectivity index (χ2v) is 7.20. The van der Waals surface area contributed by atoms with Gasteiger partial charge >= 0.3 is 0 Å². The van der Waals surface area contributed by atoms with Crippen molar-refractivity contribution in [2.75, 3.05) is 25.6 Å². The molecule has 0 unspecified atom stereocenters. The lowest BCUT2D eigenvalue weighted by Crippen LogP contribution is -2.25. The summed E-state index contributed by atoms with van der Waals surface area (Å²) in [7, 11) is 3.70. The van der Waals surface area contributed by atoms with E-state index in [-0.39, 0.29) is 12.0 Å². The molecule has 0 fully saturated rings. The van der Waals surface area contributed by atoms with E-state index in [9.17, 15) is 4.79 Å². The Bertz CT molecular complexity index is 817. The predicted molar refractivity (Wildman–Crippen MR) is 108 cm³/mol. The number of hydrogen-bond donors (Lipinski definition) is 1. The average Bonchev–Trinajstić information content (AvgIpc) is 2.66. The van der Waals surface area contributed by atoms with Crippen molar-refractivity contribution in [2.45, 2.75) is 39.3 Å². The van der Waals surface area contributed by atoms with E-state index < -0.39 is 0 Å². The number of fused-ring (bicyclic) bond motifs is 1. The molecular weight excluding hydrogens is 340 g/mol. The Morgan fingerprint density at radius 3 is 2.74 bits per heavy atom. The van der Waals surface area contributed by atoms with Gasteiger partial charge in [-0.2, -0.15) is 0 Å². The van der Waals surface area contributed by atoms with Crippen molar-refractivity contribution in [2.24, 2.45) is 0 Å². The number of carbonyl (C=O) groups is 1. The van der Waals surface area contributed by atoms with Crippen LogP contribution in [0.25, 0.3) is 0 Å². The molecule has 1 aliphatic rings. The molecule has 1 N–H and O–H groups in total. The van der Waals surface area contributed by atoms with Gasteiger partial charge in [0, 0.05) is 31.4 Å². The Hall–Kier alpha value is -2.69. The Morgan fingerprint density at radius 2 is 2.00 bits per heavy atom. The Morgan fingerprint density at radius 1 is 1.19 bits per heavy atom. The Labute approximate surface area is 161 Å². The van der Waals surface area contributed by atoms with Crippen LogP contribution in [0, 0.1) is 0 Å². The summed E-state index contributed by atoms with van der Waals surface area (Å²) in [5.74, 6) is 1.08. The van der Waals surface area contributed by atoms with Crippen LogP contribution < -0.4 is 19.7 Å².